The first-order valence-electron chi connectivity index (χ1n) is 5.58. The molecule has 0 fully saturated rings. The molecule has 0 unspecified atom stereocenters. The second-order valence-electron chi connectivity index (χ2n) is 3.94. The number of nitrogens with zero attached hydrogens (tertiary/aromatic N) is 3. The maximum atomic E-state index is 6.08. The number of benzene rings is 2. The summed E-state index contributed by atoms with van der Waals surface area (Å²) >= 11 is 11.9. The summed E-state index contributed by atoms with van der Waals surface area (Å²) in [5, 5.41) is 8.79. The van der Waals surface area contributed by atoms with Crippen molar-refractivity contribution >= 4 is 23.2 Å². The molecule has 0 aliphatic carbocycles. The molecule has 0 spiro atoms. The predicted molar refractivity (Wildman–Crippen MR) is 75.7 cm³/mol. The number of hydrogen-bond acceptors (Lipinski definition) is 2. The summed E-state index contributed by atoms with van der Waals surface area (Å²) in [5.74, 6) is 0. The van der Waals surface area contributed by atoms with Crippen LogP contribution in [0.1, 0.15) is 0 Å². The maximum Gasteiger partial charge on any atom is 0.171 e. The maximum absolute atomic E-state index is 6.08. The number of aromatic nitrogens is 3. The highest BCUT2D eigenvalue weighted by Crippen LogP contribution is 2.29. The van der Waals surface area contributed by atoms with E-state index in [0.717, 1.165) is 16.8 Å². The fourth-order valence-corrected chi connectivity index (χ4v) is 2.17. The third kappa shape index (κ3) is 2.48. The lowest BCUT2D eigenvalue weighted by molar-refractivity contribution is 0.804. The second-order valence-corrected chi connectivity index (χ2v) is 4.76. The normalized spacial score (nSPS) is 10.6. The van der Waals surface area contributed by atoms with Crippen molar-refractivity contribution in [2.24, 2.45) is 0 Å². The molecule has 1 aromatic heterocycles. The van der Waals surface area contributed by atoms with Crippen LogP contribution in [0.4, 0.5) is 0 Å². The average molecular weight is 289 g/mol. The van der Waals surface area contributed by atoms with E-state index in [2.05, 4.69) is 16.4 Å². The Balaban J connectivity index is 2.20. The van der Waals surface area contributed by atoms with Gasteiger partial charge < -0.3 is 0 Å². The molecular formula is C14H8Cl2N3. The Labute approximate surface area is 120 Å². The summed E-state index contributed by atoms with van der Waals surface area (Å²) in [7, 11) is 0. The van der Waals surface area contributed by atoms with Crippen LogP contribution in [0.3, 0.4) is 0 Å². The van der Waals surface area contributed by atoms with Crippen molar-refractivity contribution in [1.82, 2.24) is 15.0 Å². The molecule has 0 saturated carbocycles. The molecule has 3 nitrogen and oxygen atoms in total. The third-order valence-electron chi connectivity index (χ3n) is 2.70. The monoisotopic (exact) mass is 288 g/mol. The Morgan fingerprint density at radius 2 is 1.84 bits per heavy atom. The van der Waals surface area contributed by atoms with E-state index in [1.807, 2.05) is 42.5 Å². The minimum Gasteiger partial charge on any atom is -0.219 e. The second kappa shape index (κ2) is 5.03. The van der Waals surface area contributed by atoms with Crippen LogP contribution in [0.5, 0.6) is 0 Å². The number of hydrogen-bond donors (Lipinski definition) is 0. The molecule has 0 bridgehead atoms. The smallest absolute Gasteiger partial charge is 0.171 e. The van der Waals surface area contributed by atoms with Crippen LogP contribution in [0.15, 0.2) is 48.7 Å². The van der Waals surface area contributed by atoms with E-state index in [0.29, 0.717) is 10.2 Å². The van der Waals surface area contributed by atoms with Crippen LogP contribution in [-0.2, 0) is 0 Å². The van der Waals surface area contributed by atoms with Gasteiger partial charge >= 0.3 is 0 Å². The van der Waals surface area contributed by atoms with Gasteiger partial charge in [-0.15, -0.1) is 5.10 Å². The van der Waals surface area contributed by atoms with Gasteiger partial charge in [0.1, 0.15) is 0 Å². The van der Waals surface area contributed by atoms with Crippen LogP contribution in [-0.4, -0.2) is 15.0 Å². The third-order valence-corrected chi connectivity index (χ3v) is 3.11. The molecule has 5 heteroatoms. The Kier molecular flexibility index (Phi) is 3.23. The molecule has 93 valence electrons. The van der Waals surface area contributed by atoms with Gasteiger partial charge in [0.15, 0.2) is 5.15 Å². The van der Waals surface area contributed by atoms with E-state index >= 15 is 0 Å². The van der Waals surface area contributed by atoms with Crippen molar-refractivity contribution in [3.63, 3.8) is 0 Å². The largest absolute Gasteiger partial charge is 0.219 e. The molecule has 19 heavy (non-hydrogen) atoms. The Morgan fingerprint density at radius 1 is 1.05 bits per heavy atom. The van der Waals surface area contributed by atoms with Crippen molar-refractivity contribution in [3.8, 4) is 16.8 Å². The molecule has 0 aliphatic rings. The average Bonchev–Trinajstić information content (AvgIpc) is 2.86. The lowest BCUT2D eigenvalue weighted by Gasteiger charge is -2.09. The fourth-order valence-electron chi connectivity index (χ4n) is 1.87. The van der Waals surface area contributed by atoms with E-state index in [4.69, 9.17) is 23.2 Å². The Bertz CT molecular complexity index is 708. The number of rotatable bonds is 2. The zero-order valence-corrected chi connectivity index (χ0v) is 11.2. The molecule has 0 aliphatic heterocycles. The van der Waals surface area contributed by atoms with E-state index in [1.165, 1.54) is 0 Å². The van der Waals surface area contributed by atoms with Crippen molar-refractivity contribution in [3.05, 3.63) is 64.9 Å². The summed E-state index contributed by atoms with van der Waals surface area (Å²) in [6.07, 6.45) is 1.66. The Hall–Kier alpha value is -1.84. The van der Waals surface area contributed by atoms with Gasteiger partial charge in [-0.3, -0.25) is 0 Å². The van der Waals surface area contributed by atoms with Gasteiger partial charge in [0, 0.05) is 10.6 Å². The topological polar surface area (TPSA) is 30.7 Å². The van der Waals surface area contributed by atoms with Crippen LogP contribution < -0.4 is 0 Å². The molecule has 3 rings (SSSR count). The molecule has 0 atom stereocenters. The molecular weight excluding hydrogens is 281 g/mol. The van der Waals surface area contributed by atoms with Gasteiger partial charge in [0.2, 0.25) is 0 Å². The van der Waals surface area contributed by atoms with Crippen LogP contribution in [0, 0.1) is 6.07 Å². The van der Waals surface area contributed by atoms with E-state index in [-0.39, 0.29) is 0 Å². The van der Waals surface area contributed by atoms with Crippen molar-refractivity contribution in [2.75, 3.05) is 0 Å². The van der Waals surface area contributed by atoms with Gasteiger partial charge in [-0.05, 0) is 29.8 Å². The molecule has 1 heterocycles. The van der Waals surface area contributed by atoms with Crippen LogP contribution >= 0.6 is 23.2 Å². The van der Waals surface area contributed by atoms with Crippen LogP contribution in [0.2, 0.25) is 10.2 Å². The van der Waals surface area contributed by atoms with Gasteiger partial charge in [-0.2, -0.15) is 0 Å². The van der Waals surface area contributed by atoms with Crippen LogP contribution in [0.25, 0.3) is 16.8 Å². The summed E-state index contributed by atoms with van der Waals surface area (Å²) in [6, 6.07) is 16.2. The van der Waals surface area contributed by atoms with Gasteiger partial charge in [0.25, 0.3) is 0 Å². The van der Waals surface area contributed by atoms with E-state index < -0.39 is 0 Å². The molecule has 0 saturated heterocycles. The van der Waals surface area contributed by atoms with E-state index in [1.54, 1.807) is 10.9 Å². The standard InChI is InChI=1S/C14H8Cl2N3/c15-11-6-7-13(19-9-14(16)17-18-19)12(8-11)10-4-2-1-3-5-10/h2-9H. The molecule has 0 amide bonds. The highest BCUT2D eigenvalue weighted by atomic mass is 35.5. The van der Waals surface area contributed by atoms with Gasteiger partial charge in [0.05, 0.1) is 11.9 Å². The summed E-state index contributed by atoms with van der Waals surface area (Å²) in [5.41, 5.74) is 2.86. The van der Waals surface area contributed by atoms with Crippen molar-refractivity contribution in [1.29, 1.82) is 0 Å². The Morgan fingerprint density at radius 3 is 2.53 bits per heavy atom. The fraction of sp³-hybridized carbons (Fsp3) is 0. The lowest BCUT2D eigenvalue weighted by Crippen LogP contribution is -1.98. The van der Waals surface area contributed by atoms with Gasteiger partial charge in [-0.1, -0.05) is 52.7 Å². The summed E-state index contributed by atoms with van der Waals surface area (Å²) in [4.78, 5) is 0. The molecule has 1 radical (unpaired) electrons. The quantitative estimate of drug-likeness (QED) is 0.712. The first-order valence-corrected chi connectivity index (χ1v) is 6.34. The molecule has 0 N–H and O–H groups in total. The molecule has 3 aromatic rings. The van der Waals surface area contributed by atoms with Crippen molar-refractivity contribution in [2.45, 2.75) is 0 Å². The highest BCUT2D eigenvalue weighted by Gasteiger charge is 2.09. The minimum absolute atomic E-state index is 0.349. The minimum atomic E-state index is 0.349. The first-order chi connectivity index (χ1) is 9.24. The zero-order valence-electron chi connectivity index (χ0n) is 9.72. The van der Waals surface area contributed by atoms with Crippen molar-refractivity contribution < 1.29 is 0 Å². The highest BCUT2D eigenvalue weighted by molar-refractivity contribution is 6.31. The number of halogens is 2. The predicted octanol–water partition coefficient (Wildman–Crippen LogP) is 4.04. The first kappa shape index (κ1) is 12.2. The summed E-state index contributed by atoms with van der Waals surface area (Å²) < 4.78 is 1.63. The van der Waals surface area contributed by atoms with Gasteiger partial charge in [-0.25, -0.2) is 4.68 Å². The molecule has 2 aromatic carbocycles. The SMILES string of the molecule is Clc1ccc(-n2cc(Cl)nn2)c(-c2cc[c]cc2)c1. The zero-order chi connectivity index (χ0) is 13.2. The lowest BCUT2D eigenvalue weighted by atomic mass is 10.0. The van der Waals surface area contributed by atoms with E-state index in [9.17, 15) is 0 Å². The summed E-state index contributed by atoms with van der Waals surface area (Å²) in [6.45, 7) is 0.